The molecule has 4 aliphatic rings. The van der Waals surface area contributed by atoms with Crippen molar-refractivity contribution >= 4 is 28.4 Å². The van der Waals surface area contributed by atoms with Crippen molar-refractivity contribution in [3.8, 4) is 0 Å². The van der Waals surface area contributed by atoms with Crippen LogP contribution in [0.25, 0.3) is 10.9 Å². The van der Waals surface area contributed by atoms with Crippen LogP contribution in [0.2, 0.25) is 0 Å². The zero-order valence-corrected chi connectivity index (χ0v) is 24.4. The van der Waals surface area contributed by atoms with Crippen molar-refractivity contribution in [1.82, 2.24) is 10.3 Å². The van der Waals surface area contributed by atoms with Crippen LogP contribution in [0.4, 0.5) is 0 Å². The standard InChI is InChI=1S/C34H40N2O5/c1-6-23-28-29(20(4)22-17-35-25-13-8-7-11-21(22)25)36-32(40)34(28)24(31-33(23,5)41-31)12-9-10-18(2)16-19(3)30(39)26(37)14-15-27(34)38/h7-9,11-18,20,23-24,28-31,35,39H,6,10H2,1-5H3,(H,36,40)/b12-9+,15-14+,19-16+/t18-,20+,23-,24-,28?,29-,30+,31-,33+,34+/m0/s1. The van der Waals surface area contributed by atoms with Gasteiger partial charge in [0.1, 0.15) is 11.5 Å². The molecule has 3 fully saturated rings. The molecule has 7 heteroatoms. The number of hydrogen-bond acceptors (Lipinski definition) is 5. The summed E-state index contributed by atoms with van der Waals surface area (Å²) in [5.74, 6) is -2.17. The van der Waals surface area contributed by atoms with Crippen LogP contribution in [0.1, 0.15) is 58.9 Å². The number of allylic oxidation sites excluding steroid dienone is 3. The molecule has 1 aromatic heterocycles. The second-order valence-corrected chi connectivity index (χ2v) is 12.8. The predicted octanol–water partition coefficient (Wildman–Crippen LogP) is 4.78. The Hall–Kier alpha value is -3.29. The zero-order chi connectivity index (χ0) is 29.3. The van der Waals surface area contributed by atoms with Gasteiger partial charge in [-0.1, -0.05) is 63.6 Å². The molecule has 1 spiro atoms. The van der Waals surface area contributed by atoms with E-state index >= 15 is 0 Å². The second-order valence-electron chi connectivity index (χ2n) is 12.8. The number of H-pyrrole nitrogens is 1. The van der Waals surface area contributed by atoms with E-state index in [0.717, 1.165) is 29.0 Å². The van der Waals surface area contributed by atoms with Gasteiger partial charge < -0.3 is 20.1 Å². The fourth-order valence-corrected chi connectivity index (χ4v) is 8.41. The highest BCUT2D eigenvalue weighted by atomic mass is 16.6. The minimum atomic E-state index is -1.43. The fourth-order valence-electron chi connectivity index (χ4n) is 8.41. The molecule has 7 nitrogen and oxygen atoms in total. The molecule has 3 heterocycles. The van der Waals surface area contributed by atoms with E-state index in [1.165, 1.54) is 6.08 Å². The summed E-state index contributed by atoms with van der Waals surface area (Å²) in [6, 6.07) is 7.79. The minimum absolute atomic E-state index is 0.0501. The number of ketones is 2. The summed E-state index contributed by atoms with van der Waals surface area (Å²) in [6.07, 6.45) is 10.2. The van der Waals surface area contributed by atoms with Gasteiger partial charge in [0.15, 0.2) is 11.6 Å². The molecule has 1 amide bonds. The highest BCUT2D eigenvalue weighted by Gasteiger charge is 2.79. The third-order valence-corrected chi connectivity index (χ3v) is 10.5. The molecule has 2 aliphatic carbocycles. The van der Waals surface area contributed by atoms with Crippen LogP contribution in [0.15, 0.2) is 66.4 Å². The SMILES string of the molecule is CC[C@H]1C2[C@H]([C@H](C)c3c[nH]c4ccccc34)NC(=O)[C@]23C(=O)/C=C/C(=O)[C@H](O)/C(C)=C/[C@@H](C)C/C=C/[C@H]3[C@@H]2O[C@]12C. The topological polar surface area (TPSA) is 112 Å². The predicted molar refractivity (Wildman–Crippen MR) is 157 cm³/mol. The fraction of sp³-hybridized carbons (Fsp3) is 0.500. The number of rotatable bonds is 3. The first-order valence-corrected chi connectivity index (χ1v) is 14.9. The van der Waals surface area contributed by atoms with Crippen molar-refractivity contribution in [1.29, 1.82) is 0 Å². The number of para-hydroxylation sites is 1. The summed E-state index contributed by atoms with van der Waals surface area (Å²) < 4.78 is 6.45. The van der Waals surface area contributed by atoms with Crippen molar-refractivity contribution in [3.63, 3.8) is 0 Å². The highest BCUT2D eigenvalue weighted by Crippen LogP contribution is 2.67. The van der Waals surface area contributed by atoms with Gasteiger partial charge in [-0.15, -0.1) is 0 Å². The molecule has 1 saturated carbocycles. The number of hydrogen-bond donors (Lipinski definition) is 3. The van der Waals surface area contributed by atoms with Gasteiger partial charge in [0, 0.05) is 40.9 Å². The third-order valence-electron chi connectivity index (χ3n) is 10.5. The summed E-state index contributed by atoms with van der Waals surface area (Å²) in [7, 11) is 0. The molecule has 1 aromatic carbocycles. The van der Waals surface area contributed by atoms with Gasteiger partial charge in [-0.25, -0.2) is 0 Å². The highest BCUT2D eigenvalue weighted by molar-refractivity contribution is 6.15. The molecule has 1 unspecified atom stereocenters. The van der Waals surface area contributed by atoms with Gasteiger partial charge in [-0.3, -0.25) is 14.4 Å². The Bertz CT molecular complexity index is 1500. The van der Waals surface area contributed by atoms with Crippen LogP contribution in [-0.4, -0.2) is 51.4 Å². The third kappa shape index (κ3) is 4.03. The molecule has 3 N–H and O–H groups in total. The van der Waals surface area contributed by atoms with Gasteiger partial charge in [-0.05, 0) is 61.5 Å². The first kappa shape index (κ1) is 27.9. The van der Waals surface area contributed by atoms with E-state index in [9.17, 15) is 19.5 Å². The van der Waals surface area contributed by atoms with E-state index in [-0.39, 0.29) is 41.7 Å². The second kappa shape index (κ2) is 9.92. The lowest BCUT2D eigenvalue weighted by Gasteiger charge is -2.47. The first-order valence-electron chi connectivity index (χ1n) is 14.9. The minimum Gasteiger partial charge on any atom is -0.381 e. The number of aromatic amines is 1. The zero-order valence-electron chi connectivity index (χ0n) is 24.4. The van der Waals surface area contributed by atoms with Crippen molar-refractivity contribution < 1.29 is 24.2 Å². The Kier molecular flexibility index (Phi) is 6.74. The Labute approximate surface area is 241 Å². The Balaban J connectivity index is 1.51. The van der Waals surface area contributed by atoms with E-state index in [4.69, 9.17) is 4.74 Å². The number of epoxide rings is 1. The lowest BCUT2D eigenvalue weighted by molar-refractivity contribution is -0.145. The van der Waals surface area contributed by atoms with E-state index < -0.39 is 34.6 Å². The maximum Gasteiger partial charge on any atom is 0.235 e. The molecule has 6 rings (SSSR count). The van der Waals surface area contributed by atoms with Crippen LogP contribution >= 0.6 is 0 Å². The monoisotopic (exact) mass is 556 g/mol. The Morgan fingerprint density at radius 3 is 2.68 bits per heavy atom. The van der Waals surface area contributed by atoms with E-state index in [1.807, 2.05) is 49.5 Å². The molecular weight excluding hydrogens is 516 g/mol. The molecule has 2 aliphatic heterocycles. The van der Waals surface area contributed by atoms with E-state index in [1.54, 1.807) is 6.92 Å². The van der Waals surface area contributed by atoms with E-state index in [2.05, 4.69) is 37.1 Å². The van der Waals surface area contributed by atoms with Crippen LogP contribution in [0, 0.1) is 29.1 Å². The number of carbonyl (C=O) groups excluding carboxylic acids is 3. The lowest BCUT2D eigenvalue weighted by Crippen LogP contribution is -2.58. The van der Waals surface area contributed by atoms with Gasteiger partial charge in [0.2, 0.25) is 5.91 Å². The molecule has 2 aromatic rings. The van der Waals surface area contributed by atoms with Crippen molar-refractivity contribution in [2.24, 2.45) is 29.1 Å². The molecule has 2 saturated heterocycles. The molecule has 10 atom stereocenters. The van der Waals surface area contributed by atoms with Crippen LogP contribution in [-0.2, 0) is 19.1 Å². The summed E-state index contributed by atoms with van der Waals surface area (Å²) in [5.41, 5.74) is 0.795. The van der Waals surface area contributed by atoms with Crippen molar-refractivity contribution in [3.05, 3.63) is 72.0 Å². The smallest absolute Gasteiger partial charge is 0.235 e. The van der Waals surface area contributed by atoms with Gasteiger partial charge in [0.25, 0.3) is 0 Å². The van der Waals surface area contributed by atoms with Gasteiger partial charge in [0.05, 0.1) is 11.7 Å². The molecule has 0 bridgehead atoms. The summed E-state index contributed by atoms with van der Waals surface area (Å²) in [4.78, 5) is 45.2. The largest absolute Gasteiger partial charge is 0.381 e. The summed E-state index contributed by atoms with van der Waals surface area (Å²) in [5, 5.41) is 15.1. The molecule has 216 valence electrons. The number of amides is 1. The number of carbonyl (C=O) groups is 3. The lowest BCUT2D eigenvalue weighted by atomic mass is 9.50. The Morgan fingerprint density at radius 1 is 1.17 bits per heavy atom. The van der Waals surface area contributed by atoms with Crippen LogP contribution < -0.4 is 5.32 Å². The number of nitrogens with one attached hydrogen (secondary N) is 2. The van der Waals surface area contributed by atoms with Gasteiger partial charge >= 0.3 is 0 Å². The average Bonchev–Trinajstić information content (AvgIpc) is 3.31. The van der Waals surface area contributed by atoms with Crippen molar-refractivity contribution in [2.45, 2.75) is 77.2 Å². The molecule has 0 radical (unpaired) electrons. The van der Waals surface area contributed by atoms with E-state index in [0.29, 0.717) is 12.0 Å². The quantitative estimate of drug-likeness (QED) is 0.286. The summed E-state index contributed by atoms with van der Waals surface area (Å²) >= 11 is 0. The number of aliphatic hydroxyl groups excluding tert-OH is 1. The maximum absolute atomic E-state index is 14.5. The first-order chi connectivity index (χ1) is 19.5. The van der Waals surface area contributed by atoms with Crippen molar-refractivity contribution in [2.75, 3.05) is 0 Å². The maximum atomic E-state index is 14.5. The molecular formula is C34H40N2O5. The number of benzene rings is 1. The number of aromatic nitrogens is 1. The normalized spacial score (nSPS) is 42.3. The van der Waals surface area contributed by atoms with Gasteiger partial charge in [-0.2, -0.15) is 0 Å². The summed E-state index contributed by atoms with van der Waals surface area (Å²) in [6.45, 7) is 10.1. The number of fused-ring (bicyclic) bond motifs is 3. The van der Waals surface area contributed by atoms with Crippen LogP contribution in [0.3, 0.4) is 0 Å². The average molecular weight is 557 g/mol. The molecule has 41 heavy (non-hydrogen) atoms. The number of ether oxygens (including phenoxy) is 1. The Morgan fingerprint density at radius 2 is 1.93 bits per heavy atom. The number of aliphatic hydroxyl groups is 1. The van der Waals surface area contributed by atoms with Crippen LogP contribution in [0.5, 0.6) is 0 Å².